The molecule has 0 saturated carbocycles. The number of nitrogens with one attached hydrogen (secondary N) is 1. The molecule has 2 aromatic carbocycles. The molecule has 0 spiro atoms. The van der Waals surface area contributed by atoms with E-state index < -0.39 is 0 Å². The number of ether oxygens (including phenoxy) is 3. The van der Waals surface area contributed by atoms with Crippen LogP contribution >= 0.6 is 0 Å². The third-order valence-corrected chi connectivity index (χ3v) is 6.31. The molecule has 2 aliphatic rings. The van der Waals surface area contributed by atoms with Gasteiger partial charge in [-0.05, 0) is 54.8 Å². The van der Waals surface area contributed by atoms with Crippen LogP contribution in [0.3, 0.4) is 0 Å². The van der Waals surface area contributed by atoms with Crippen LogP contribution in [0, 0.1) is 5.82 Å². The molecule has 1 saturated heterocycles. The summed E-state index contributed by atoms with van der Waals surface area (Å²) in [4.78, 5) is 16.9. The Bertz CT molecular complexity index is 1120. The minimum Gasteiger partial charge on any atom is -0.454 e. The van der Waals surface area contributed by atoms with Crippen molar-refractivity contribution in [3.8, 4) is 22.8 Å². The van der Waals surface area contributed by atoms with Crippen LogP contribution in [0.25, 0.3) is 11.3 Å². The Kier molecular flexibility index (Phi) is 6.00. The van der Waals surface area contributed by atoms with Crippen molar-refractivity contribution in [2.45, 2.75) is 31.1 Å². The van der Waals surface area contributed by atoms with Crippen molar-refractivity contribution in [1.29, 1.82) is 0 Å². The van der Waals surface area contributed by atoms with Crippen LogP contribution in [-0.4, -0.2) is 37.4 Å². The normalized spacial score (nSPS) is 16.5. The molecule has 5 rings (SSSR count). The molecule has 1 aromatic heterocycles. The van der Waals surface area contributed by atoms with Crippen LogP contribution in [0.2, 0.25) is 0 Å². The zero-order valence-electron chi connectivity index (χ0n) is 18.1. The topological polar surface area (TPSA) is 82.8 Å². The van der Waals surface area contributed by atoms with Crippen molar-refractivity contribution in [2.24, 2.45) is 0 Å². The molecule has 3 aromatic rings. The number of oxazole rings is 1. The second kappa shape index (κ2) is 9.23. The summed E-state index contributed by atoms with van der Waals surface area (Å²) in [6.45, 7) is 2.04. The van der Waals surface area contributed by atoms with Crippen LogP contribution in [0.5, 0.6) is 11.5 Å². The summed E-state index contributed by atoms with van der Waals surface area (Å²) in [7, 11) is 0. The Labute approximate surface area is 190 Å². The summed E-state index contributed by atoms with van der Waals surface area (Å²) in [6.07, 6.45) is 3.86. The highest BCUT2D eigenvalue weighted by Gasteiger charge is 2.36. The standard InChI is InChI=1S/C25H25FN2O5/c26-19-4-1-17(2-5-19)22-14-27-24(33-22)8-7-23(29)28-15-25(9-11-30-12-10-25)18-3-6-20-21(13-18)32-16-31-20/h1-6,13-14H,7-12,15-16H2,(H,28,29). The summed E-state index contributed by atoms with van der Waals surface area (Å²) in [6, 6.07) is 12.0. The second-order valence-electron chi connectivity index (χ2n) is 8.36. The fourth-order valence-electron chi connectivity index (χ4n) is 4.31. The van der Waals surface area contributed by atoms with Crippen molar-refractivity contribution in [1.82, 2.24) is 10.3 Å². The fraction of sp³-hybridized carbons (Fsp3) is 0.360. The lowest BCUT2D eigenvalue weighted by Gasteiger charge is -2.38. The van der Waals surface area contributed by atoms with E-state index in [1.165, 1.54) is 12.1 Å². The highest BCUT2D eigenvalue weighted by molar-refractivity contribution is 5.76. The van der Waals surface area contributed by atoms with E-state index in [1.54, 1.807) is 18.3 Å². The highest BCUT2D eigenvalue weighted by atomic mass is 19.1. The fourth-order valence-corrected chi connectivity index (χ4v) is 4.31. The zero-order valence-corrected chi connectivity index (χ0v) is 18.1. The van der Waals surface area contributed by atoms with Gasteiger partial charge in [-0.25, -0.2) is 9.37 Å². The van der Waals surface area contributed by atoms with E-state index >= 15 is 0 Å². The molecule has 1 amide bonds. The van der Waals surface area contributed by atoms with Gasteiger partial charge in [0.2, 0.25) is 12.7 Å². The van der Waals surface area contributed by atoms with E-state index in [-0.39, 0.29) is 30.4 Å². The molecule has 0 unspecified atom stereocenters. The summed E-state index contributed by atoms with van der Waals surface area (Å²) in [5.74, 6) is 2.14. The molecule has 8 heteroatoms. The van der Waals surface area contributed by atoms with Crippen molar-refractivity contribution in [2.75, 3.05) is 26.6 Å². The zero-order chi connectivity index (χ0) is 22.7. The van der Waals surface area contributed by atoms with Crippen molar-refractivity contribution >= 4 is 5.91 Å². The number of hydrogen-bond donors (Lipinski definition) is 1. The number of carbonyl (C=O) groups excluding carboxylic acids is 1. The molecule has 0 aliphatic carbocycles. The third-order valence-electron chi connectivity index (χ3n) is 6.31. The van der Waals surface area contributed by atoms with Gasteiger partial charge in [-0.3, -0.25) is 4.79 Å². The molecule has 0 bridgehead atoms. The first-order valence-electron chi connectivity index (χ1n) is 11.1. The van der Waals surface area contributed by atoms with Gasteiger partial charge in [0.05, 0.1) is 6.20 Å². The van der Waals surface area contributed by atoms with E-state index in [1.807, 2.05) is 12.1 Å². The Morgan fingerprint density at radius 3 is 2.67 bits per heavy atom. The second-order valence-corrected chi connectivity index (χ2v) is 8.36. The number of aryl methyl sites for hydroxylation is 1. The molecule has 172 valence electrons. The molecule has 1 fully saturated rings. The SMILES string of the molecule is O=C(CCc1ncc(-c2ccc(F)cc2)o1)NCC1(c2ccc3c(c2)OCO3)CCOCC1. The third kappa shape index (κ3) is 4.71. The molecule has 0 atom stereocenters. The van der Waals surface area contributed by atoms with Crippen molar-refractivity contribution in [3.05, 3.63) is 65.9 Å². The smallest absolute Gasteiger partial charge is 0.231 e. The number of halogens is 1. The molecular formula is C25H25FN2O5. The van der Waals surface area contributed by atoms with Gasteiger partial charge < -0.3 is 23.9 Å². The minimum atomic E-state index is -0.307. The number of benzene rings is 2. The summed E-state index contributed by atoms with van der Waals surface area (Å²) < 4.78 is 35.4. The number of nitrogens with zero attached hydrogens (tertiary/aromatic N) is 1. The number of aromatic nitrogens is 1. The summed E-state index contributed by atoms with van der Waals surface area (Å²) in [5.41, 5.74) is 1.64. The maximum Gasteiger partial charge on any atom is 0.231 e. The average Bonchev–Trinajstić information content (AvgIpc) is 3.52. The molecule has 7 nitrogen and oxygen atoms in total. The van der Waals surface area contributed by atoms with Gasteiger partial charge in [-0.15, -0.1) is 0 Å². The predicted octanol–water partition coefficient (Wildman–Crippen LogP) is 4.01. The Balaban J connectivity index is 1.20. The number of carbonyl (C=O) groups is 1. The van der Waals surface area contributed by atoms with E-state index in [0.717, 1.165) is 35.5 Å². The quantitative estimate of drug-likeness (QED) is 0.583. The summed E-state index contributed by atoms with van der Waals surface area (Å²) >= 11 is 0. The van der Waals surface area contributed by atoms with Gasteiger partial charge in [0.25, 0.3) is 0 Å². The summed E-state index contributed by atoms with van der Waals surface area (Å²) in [5, 5.41) is 3.10. The maximum atomic E-state index is 13.1. The monoisotopic (exact) mass is 452 g/mol. The molecule has 3 heterocycles. The van der Waals surface area contributed by atoms with Gasteiger partial charge in [0.15, 0.2) is 23.1 Å². The van der Waals surface area contributed by atoms with E-state index in [9.17, 15) is 9.18 Å². The van der Waals surface area contributed by atoms with Gasteiger partial charge in [-0.2, -0.15) is 0 Å². The first-order chi connectivity index (χ1) is 16.1. The lowest BCUT2D eigenvalue weighted by molar-refractivity contribution is -0.121. The van der Waals surface area contributed by atoms with Gasteiger partial charge >= 0.3 is 0 Å². The van der Waals surface area contributed by atoms with Crippen molar-refractivity contribution < 1.29 is 27.8 Å². The Morgan fingerprint density at radius 2 is 1.85 bits per heavy atom. The Morgan fingerprint density at radius 1 is 1.06 bits per heavy atom. The van der Waals surface area contributed by atoms with Gasteiger partial charge in [0, 0.05) is 43.6 Å². The Hall–Kier alpha value is -3.39. The maximum absolute atomic E-state index is 13.1. The number of hydrogen-bond acceptors (Lipinski definition) is 6. The number of rotatable bonds is 7. The molecule has 0 radical (unpaired) electrons. The molecule has 1 N–H and O–H groups in total. The van der Waals surface area contributed by atoms with Crippen LogP contribution in [0.4, 0.5) is 4.39 Å². The van der Waals surface area contributed by atoms with Crippen LogP contribution in [0.15, 0.2) is 53.1 Å². The van der Waals surface area contributed by atoms with E-state index in [4.69, 9.17) is 18.6 Å². The van der Waals surface area contributed by atoms with Crippen LogP contribution < -0.4 is 14.8 Å². The average molecular weight is 452 g/mol. The highest BCUT2D eigenvalue weighted by Crippen LogP contribution is 2.40. The van der Waals surface area contributed by atoms with E-state index in [2.05, 4.69) is 16.4 Å². The molecule has 2 aliphatic heterocycles. The molecular weight excluding hydrogens is 427 g/mol. The first kappa shape index (κ1) is 21.5. The van der Waals surface area contributed by atoms with Gasteiger partial charge in [0.1, 0.15) is 5.82 Å². The lowest BCUT2D eigenvalue weighted by Crippen LogP contribution is -2.44. The van der Waals surface area contributed by atoms with Crippen LogP contribution in [0.1, 0.15) is 30.7 Å². The minimum absolute atomic E-state index is 0.0665. The number of fused-ring (bicyclic) bond motifs is 1. The molecule has 33 heavy (non-hydrogen) atoms. The van der Waals surface area contributed by atoms with Crippen LogP contribution in [-0.2, 0) is 21.4 Å². The predicted molar refractivity (Wildman–Crippen MR) is 118 cm³/mol. The first-order valence-corrected chi connectivity index (χ1v) is 11.1. The largest absolute Gasteiger partial charge is 0.454 e. The lowest BCUT2D eigenvalue weighted by atomic mass is 9.74. The number of amides is 1. The van der Waals surface area contributed by atoms with E-state index in [0.29, 0.717) is 37.8 Å². The van der Waals surface area contributed by atoms with Crippen molar-refractivity contribution in [3.63, 3.8) is 0 Å². The van der Waals surface area contributed by atoms with Gasteiger partial charge in [-0.1, -0.05) is 6.07 Å².